The van der Waals surface area contributed by atoms with E-state index in [1.807, 2.05) is 0 Å². The first-order valence-corrected chi connectivity index (χ1v) is 9.09. The van der Waals surface area contributed by atoms with E-state index in [1.165, 1.54) is 50.4 Å². The number of nitrogens with two attached hydrogens (primary N) is 1. The number of hydrogen-bond acceptors (Lipinski definition) is 5. The SMILES string of the molecule is COc1ccc(C(N)=O)cc1NC(=O)c1nn(-c2ccccc2C(F)(F)F)c(C)cc1=O. The zero-order chi connectivity index (χ0) is 23.6. The molecule has 2 aromatic carbocycles. The summed E-state index contributed by atoms with van der Waals surface area (Å²) in [6.45, 7) is 1.39. The predicted molar refractivity (Wildman–Crippen MR) is 109 cm³/mol. The summed E-state index contributed by atoms with van der Waals surface area (Å²) in [6.07, 6.45) is -4.68. The molecule has 0 spiro atoms. The number of methoxy groups -OCH3 is 1. The first-order chi connectivity index (χ1) is 15.0. The number of rotatable bonds is 5. The number of anilines is 1. The number of ether oxygens (including phenoxy) is 1. The minimum atomic E-state index is -4.68. The molecule has 3 rings (SSSR count). The van der Waals surface area contributed by atoms with Crippen LogP contribution in [0.5, 0.6) is 5.75 Å². The first-order valence-electron chi connectivity index (χ1n) is 9.09. The van der Waals surface area contributed by atoms with E-state index in [4.69, 9.17) is 10.5 Å². The second-order valence-electron chi connectivity index (χ2n) is 6.66. The molecule has 11 heteroatoms. The van der Waals surface area contributed by atoms with Gasteiger partial charge in [0.15, 0.2) is 5.69 Å². The van der Waals surface area contributed by atoms with Gasteiger partial charge in [0.1, 0.15) is 5.75 Å². The summed E-state index contributed by atoms with van der Waals surface area (Å²) in [5.74, 6) is -1.60. The van der Waals surface area contributed by atoms with Crippen LogP contribution in [0.1, 0.15) is 32.1 Å². The molecule has 0 saturated carbocycles. The number of aromatic nitrogens is 2. The number of halogens is 3. The van der Waals surface area contributed by atoms with Crippen molar-refractivity contribution >= 4 is 17.5 Å². The molecular weight excluding hydrogens is 429 g/mol. The van der Waals surface area contributed by atoms with E-state index in [1.54, 1.807) is 0 Å². The highest BCUT2D eigenvalue weighted by Gasteiger charge is 2.34. The average Bonchev–Trinajstić information content (AvgIpc) is 2.73. The Hall–Kier alpha value is -4.15. The number of primary amides is 1. The number of carbonyl (C=O) groups is 2. The molecule has 0 aliphatic carbocycles. The lowest BCUT2D eigenvalue weighted by Crippen LogP contribution is -2.28. The van der Waals surface area contributed by atoms with Crippen LogP contribution in [-0.4, -0.2) is 28.7 Å². The molecule has 3 N–H and O–H groups in total. The maximum atomic E-state index is 13.4. The second kappa shape index (κ2) is 8.53. The van der Waals surface area contributed by atoms with Gasteiger partial charge in [-0.1, -0.05) is 12.1 Å². The Morgan fingerprint density at radius 1 is 1.12 bits per heavy atom. The molecule has 0 bridgehead atoms. The van der Waals surface area contributed by atoms with Crippen molar-refractivity contribution in [2.45, 2.75) is 13.1 Å². The van der Waals surface area contributed by atoms with Gasteiger partial charge in [0, 0.05) is 17.3 Å². The van der Waals surface area contributed by atoms with Crippen molar-refractivity contribution in [1.29, 1.82) is 0 Å². The third-order valence-electron chi connectivity index (χ3n) is 4.49. The zero-order valence-corrected chi connectivity index (χ0v) is 16.9. The maximum Gasteiger partial charge on any atom is 0.418 e. The summed E-state index contributed by atoms with van der Waals surface area (Å²) in [5.41, 5.74) is 2.64. The van der Waals surface area contributed by atoms with Crippen LogP contribution in [0.25, 0.3) is 5.69 Å². The Balaban J connectivity index is 2.08. The van der Waals surface area contributed by atoms with Crippen molar-refractivity contribution in [3.8, 4) is 11.4 Å². The van der Waals surface area contributed by atoms with Crippen LogP contribution >= 0.6 is 0 Å². The second-order valence-corrected chi connectivity index (χ2v) is 6.66. The number of hydrogen-bond donors (Lipinski definition) is 2. The van der Waals surface area contributed by atoms with Crippen molar-refractivity contribution in [2.75, 3.05) is 12.4 Å². The Kier molecular flexibility index (Phi) is 6.01. The summed E-state index contributed by atoms with van der Waals surface area (Å²) in [6, 6.07) is 9.65. The quantitative estimate of drug-likeness (QED) is 0.625. The zero-order valence-electron chi connectivity index (χ0n) is 16.9. The van der Waals surface area contributed by atoms with Crippen LogP contribution in [0.15, 0.2) is 53.3 Å². The van der Waals surface area contributed by atoms with Crippen LogP contribution < -0.4 is 21.2 Å². The summed E-state index contributed by atoms with van der Waals surface area (Å²) < 4.78 is 46.3. The largest absolute Gasteiger partial charge is 0.495 e. The summed E-state index contributed by atoms with van der Waals surface area (Å²) >= 11 is 0. The van der Waals surface area contributed by atoms with Crippen LogP contribution in [-0.2, 0) is 6.18 Å². The fourth-order valence-corrected chi connectivity index (χ4v) is 2.99. The molecule has 3 aromatic rings. The number of carbonyl (C=O) groups excluding carboxylic acids is 2. The smallest absolute Gasteiger partial charge is 0.418 e. The van der Waals surface area contributed by atoms with E-state index in [-0.39, 0.29) is 28.4 Å². The molecule has 1 aromatic heterocycles. The topological polar surface area (TPSA) is 116 Å². The summed E-state index contributed by atoms with van der Waals surface area (Å²) in [7, 11) is 1.32. The molecule has 0 atom stereocenters. The number of benzene rings is 2. The molecule has 2 amide bonds. The first kappa shape index (κ1) is 22.5. The minimum absolute atomic E-state index is 0.0258. The van der Waals surface area contributed by atoms with Crippen molar-refractivity contribution in [1.82, 2.24) is 9.78 Å². The Morgan fingerprint density at radius 3 is 2.44 bits per heavy atom. The number of nitrogens with one attached hydrogen (secondary N) is 1. The highest BCUT2D eigenvalue weighted by Crippen LogP contribution is 2.33. The monoisotopic (exact) mass is 446 g/mol. The third kappa shape index (κ3) is 4.46. The van der Waals surface area contributed by atoms with E-state index < -0.39 is 34.7 Å². The Morgan fingerprint density at radius 2 is 1.81 bits per heavy atom. The Labute approximate surface area is 179 Å². The Bertz CT molecular complexity index is 1270. The lowest BCUT2D eigenvalue weighted by Gasteiger charge is -2.17. The molecular formula is C21H17F3N4O4. The number of amides is 2. The van der Waals surface area contributed by atoms with E-state index in [0.29, 0.717) is 0 Å². The predicted octanol–water partition coefficient (Wildman–Crippen LogP) is 2.92. The van der Waals surface area contributed by atoms with Crippen molar-refractivity contribution in [3.05, 3.63) is 81.3 Å². The highest BCUT2D eigenvalue weighted by molar-refractivity contribution is 6.04. The fraction of sp³-hybridized carbons (Fsp3) is 0.143. The van der Waals surface area contributed by atoms with Gasteiger partial charge in [-0.2, -0.15) is 18.3 Å². The number of para-hydroxylation sites is 1. The molecule has 166 valence electrons. The van der Waals surface area contributed by atoms with Crippen LogP contribution in [0, 0.1) is 6.92 Å². The van der Waals surface area contributed by atoms with E-state index >= 15 is 0 Å². The normalized spacial score (nSPS) is 11.2. The molecule has 0 fully saturated rings. The van der Waals surface area contributed by atoms with Gasteiger partial charge < -0.3 is 15.8 Å². The molecule has 0 aliphatic heterocycles. The number of aryl methyl sites for hydroxylation is 1. The molecule has 0 unspecified atom stereocenters. The lowest BCUT2D eigenvalue weighted by molar-refractivity contribution is -0.137. The van der Waals surface area contributed by atoms with Gasteiger partial charge in [-0.25, -0.2) is 4.68 Å². The summed E-state index contributed by atoms with van der Waals surface area (Å²) in [4.78, 5) is 36.6. The van der Waals surface area contributed by atoms with Crippen molar-refractivity contribution in [3.63, 3.8) is 0 Å². The third-order valence-corrected chi connectivity index (χ3v) is 4.49. The molecule has 0 saturated heterocycles. The van der Waals surface area contributed by atoms with Crippen molar-refractivity contribution in [2.24, 2.45) is 5.73 Å². The van der Waals surface area contributed by atoms with Gasteiger partial charge in [-0.15, -0.1) is 0 Å². The molecule has 8 nitrogen and oxygen atoms in total. The van der Waals surface area contributed by atoms with E-state index in [9.17, 15) is 27.6 Å². The molecule has 1 heterocycles. The van der Waals surface area contributed by atoms with Gasteiger partial charge in [0.05, 0.1) is 24.0 Å². The minimum Gasteiger partial charge on any atom is -0.495 e. The van der Waals surface area contributed by atoms with Crippen LogP contribution in [0.3, 0.4) is 0 Å². The van der Waals surface area contributed by atoms with E-state index in [0.717, 1.165) is 16.8 Å². The maximum absolute atomic E-state index is 13.4. The van der Waals surface area contributed by atoms with Gasteiger partial charge >= 0.3 is 6.18 Å². The van der Waals surface area contributed by atoms with Gasteiger partial charge in [-0.05, 0) is 37.3 Å². The van der Waals surface area contributed by atoms with Gasteiger partial charge in [0.25, 0.3) is 5.91 Å². The standard InChI is InChI=1S/C21H17F3N4O4/c1-11-9-16(29)18(27-28(11)15-6-4-3-5-13(15)21(22,23)24)20(31)26-14-10-12(19(25)30)7-8-17(14)32-2/h3-10H,1-2H3,(H2,25,30)(H,26,31). The highest BCUT2D eigenvalue weighted by atomic mass is 19.4. The number of nitrogens with zero attached hydrogens (tertiary/aromatic N) is 2. The average molecular weight is 446 g/mol. The van der Waals surface area contributed by atoms with E-state index in [2.05, 4.69) is 10.4 Å². The number of alkyl halides is 3. The molecule has 0 radical (unpaired) electrons. The molecule has 32 heavy (non-hydrogen) atoms. The molecule has 0 aliphatic rings. The van der Waals surface area contributed by atoms with Crippen LogP contribution in [0.2, 0.25) is 0 Å². The van der Waals surface area contributed by atoms with Gasteiger partial charge in [-0.3, -0.25) is 14.4 Å². The lowest BCUT2D eigenvalue weighted by atomic mass is 10.1. The van der Waals surface area contributed by atoms with Crippen molar-refractivity contribution < 1.29 is 27.5 Å². The van der Waals surface area contributed by atoms with Crippen LogP contribution in [0.4, 0.5) is 18.9 Å². The summed E-state index contributed by atoms with van der Waals surface area (Å²) in [5, 5.41) is 6.27. The fourth-order valence-electron chi connectivity index (χ4n) is 2.99. The van der Waals surface area contributed by atoms with Gasteiger partial charge in [0.2, 0.25) is 11.3 Å².